The van der Waals surface area contributed by atoms with E-state index in [0.717, 1.165) is 69.4 Å². The molecule has 2 aromatic rings. The molecule has 4 aliphatic rings. The minimum Gasteiger partial charge on any atom is -0.339 e. The Labute approximate surface area is 201 Å². The van der Waals surface area contributed by atoms with Crippen LogP contribution in [0, 0.1) is 0 Å². The number of hydrogen-bond donors (Lipinski definition) is 0. The fourth-order valence-corrected chi connectivity index (χ4v) is 6.18. The highest BCUT2D eigenvalue weighted by Gasteiger charge is 2.52. The molecule has 1 aliphatic carbocycles. The average Bonchev–Trinajstić information content (AvgIpc) is 3.08. The standard InChI is InChI=1S/C27H33N5O2/c33-25(31-18-16-30(17-19-31)21-6-5-7-21)20-29-14-11-27(12-15-29)22-8-1-2-9-23(22)32(26(27)34)24-10-3-4-13-28-24/h1-4,8-10,13,21H,5-7,11-12,14-20H2. The number of para-hydroxylation sites is 1. The van der Waals surface area contributed by atoms with E-state index in [1.54, 1.807) is 11.1 Å². The summed E-state index contributed by atoms with van der Waals surface area (Å²) in [6, 6.07) is 14.6. The van der Waals surface area contributed by atoms with Gasteiger partial charge in [-0.2, -0.15) is 0 Å². The van der Waals surface area contributed by atoms with Gasteiger partial charge in [0.25, 0.3) is 0 Å². The Hall–Kier alpha value is -2.77. The fourth-order valence-electron chi connectivity index (χ4n) is 6.18. The van der Waals surface area contributed by atoms with E-state index in [9.17, 15) is 9.59 Å². The Bertz CT molecular complexity index is 1050. The third-order valence-corrected chi connectivity index (χ3v) is 8.48. The normalized spacial score (nSPS) is 23.2. The molecule has 1 aromatic heterocycles. The fraction of sp³-hybridized carbons (Fsp3) is 0.519. The number of carbonyl (C=O) groups excluding carboxylic acids is 2. The average molecular weight is 460 g/mol. The van der Waals surface area contributed by atoms with E-state index in [4.69, 9.17) is 0 Å². The molecular weight excluding hydrogens is 426 g/mol. The van der Waals surface area contributed by atoms with Crippen molar-refractivity contribution in [2.24, 2.45) is 0 Å². The molecule has 0 radical (unpaired) electrons. The second-order valence-corrected chi connectivity index (χ2v) is 10.2. The summed E-state index contributed by atoms with van der Waals surface area (Å²) in [6.45, 7) is 5.67. The van der Waals surface area contributed by atoms with Crippen LogP contribution in [0.15, 0.2) is 48.7 Å². The smallest absolute Gasteiger partial charge is 0.243 e. The zero-order chi connectivity index (χ0) is 23.1. The molecule has 0 unspecified atom stereocenters. The molecule has 2 amide bonds. The SMILES string of the molecule is O=C(CN1CCC2(CC1)C(=O)N(c1ccccn1)c1ccccc12)N1CCN(C2CCC2)CC1. The number of carbonyl (C=O) groups is 2. The van der Waals surface area contributed by atoms with E-state index >= 15 is 0 Å². The van der Waals surface area contributed by atoms with Gasteiger partial charge in [-0.15, -0.1) is 0 Å². The van der Waals surface area contributed by atoms with Crippen molar-refractivity contribution in [1.82, 2.24) is 19.7 Å². The number of hydrogen-bond acceptors (Lipinski definition) is 5. The molecule has 3 fully saturated rings. The number of piperazine rings is 1. The van der Waals surface area contributed by atoms with Gasteiger partial charge in [0.05, 0.1) is 17.6 Å². The number of nitrogens with zero attached hydrogens (tertiary/aromatic N) is 5. The van der Waals surface area contributed by atoms with E-state index in [0.29, 0.717) is 12.4 Å². The number of piperidine rings is 1. The van der Waals surface area contributed by atoms with Gasteiger partial charge in [0.2, 0.25) is 11.8 Å². The Kier molecular flexibility index (Phi) is 5.62. The van der Waals surface area contributed by atoms with Crippen LogP contribution in [0.2, 0.25) is 0 Å². The van der Waals surface area contributed by atoms with Crippen molar-refractivity contribution in [2.45, 2.75) is 43.6 Å². The number of anilines is 2. The Morgan fingerprint density at radius 1 is 0.941 bits per heavy atom. The number of likely N-dealkylation sites (tertiary alicyclic amines) is 1. The topological polar surface area (TPSA) is 60.0 Å². The van der Waals surface area contributed by atoms with Gasteiger partial charge >= 0.3 is 0 Å². The van der Waals surface area contributed by atoms with Crippen LogP contribution < -0.4 is 4.90 Å². The van der Waals surface area contributed by atoms with Crippen LogP contribution in [0.4, 0.5) is 11.5 Å². The molecule has 7 nitrogen and oxygen atoms in total. The predicted molar refractivity (Wildman–Crippen MR) is 131 cm³/mol. The number of fused-ring (bicyclic) bond motifs is 2. The van der Waals surface area contributed by atoms with Crippen LogP contribution in [-0.2, 0) is 15.0 Å². The Morgan fingerprint density at radius 3 is 2.35 bits per heavy atom. The molecule has 34 heavy (non-hydrogen) atoms. The zero-order valence-electron chi connectivity index (χ0n) is 19.7. The van der Waals surface area contributed by atoms with E-state index in [-0.39, 0.29) is 11.8 Å². The predicted octanol–water partition coefficient (Wildman–Crippen LogP) is 2.79. The molecule has 7 heteroatoms. The lowest BCUT2D eigenvalue weighted by atomic mass is 9.73. The first-order valence-corrected chi connectivity index (χ1v) is 12.7. The summed E-state index contributed by atoms with van der Waals surface area (Å²) in [5.74, 6) is 1.03. The second kappa shape index (κ2) is 8.78. The number of pyridine rings is 1. The molecule has 1 saturated carbocycles. The minimum atomic E-state index is -0.526. The van der Waals surface area contributed by atoms with Crippen molar-refractivity contribution in [3.8, 4) is 0 Å². The lowest BCUT2D eigenvalue weighted by molar-refractivity contribution is -0.135. The summed E-state index contributed by atoms with van der Waals surface area (Å²) in [5, 5.41) is 0. The van der Waals surface area contributed by atoms with Gasteiger partial charge in [-0.3, -0.25) is 24.3 Å². The minimum absolute atomic E-state index is 0.116. The number of rotatable bonds is 4. The largest absolute Gasteiger partial charge is 0.339 e. The first-order valence-electron chi connectivity index (χ1n) is 12.7. The molecule has 0 N–H and O–H groups in total. The summed E-state index contributed by atoms with van der Waals surface area (Å²) in [4.78, 5) is 39.9. The van der Waals surface area contributed by atoms with Crippen molar-refractivity contribution in [1.29, 1.82) is 0 Å². The highest BCUT2D eigenvalue weighted by atomic mass is 16.2. The molecule has 6 rings (SSSR count). The van der Waals surface area contributed by atoms with Gasteiger partial charge in [0, 0.05) is 51.5 Å². The summed E-state index contributed by atoms with van der Waals surface area (Å²) in [5.41, 5.74) is 1.52. The number of benzene rings is 1. The van der Waals surface area contributed by atoms with E-state index < -0.39 is 5.41 Å². The Morgan fingerprint density at radius 2 is 1.68 bits per heavy atom. The van der Waals surface area contributed by atoms with Crippen molar-refractivity contribution < 1.29 is 9.59 Å². The molecule has 2 saturated heterocycles. The third-order valence-electron chi connectivity index (χ3n) is 8.48. The molecule has 178 valence electrons. The highest BCUT2D eigenvalue weighted by molar-refractivity contribution is 6.12. The van der Waals surface area contributed by atoms with Crippen molar-refractivity contribution in [3.63, 3.8) is 0 Å². The summed E-state index contributed by atoms with van der Waals surface area (Å²) < 4.78 is 0. The molecule has 3 aliphatic heterocycles. The van der Waals surface area contributed by atoms with Gasteiger partial charge in [-0.25, -0.2) is 4.98 Å². The van der Waals surface area contributed by atoms with Crippen LogP contribution >= 0.6 is 0 Å². The lowest BCUT2D eigenvalue weighted by Crippen LogP contribution is -2.56. The van der Waals surface area contributed by atoms with Crippen LogP contribution in [-0.4, -0.2) is 83.4 Å². The van der Waals surface area contributed by atoms with Gasteiger partial charge < -0.3 is 4.90 Å². The van der Waals surface area contributed by atoms with Crippen LogP contribution in [0.1, 0.15) is 37.7 Å². The summed E-state index contributed by atoms with van der Waals surface area (Å²) in [6.07, 6.45) is 7.19. The van der Waals surface area contributed by atoms with Gasteiger partial charge in [-0.05, 0) is 49.4 Å². The van der Waals surface area contributed by atoms with Crippen molar-refractivity contribution >= 4 is 23.3 Å². The van der Waals surface area contributed by atoms with Crippen molar-refractivity contribution in [3.05, 3.63) is 54.2 Å². The molecule has 1 spiro atoms. The second-order valence-electron chi connectivity index (χ2n) is 10.2. The van der Waals surface area contributed by atoms with Crippen LogP contribution in [0.5, 0.6) is 0 Å². The molecule has 0 atom stereocenters. The third kappa shape index (κ3) is 3.62. The van der Waals surface area contributed by atoms with Gasteiger partial charge in [0.1, 0.15) is 5.82 Å². The summed E-state index contributed by atoms with van der Waals surface area (Å²) >= 11 is 0. The van der Waals surface area contributed by atoms with E-state index in [1.807, 2.05) is 41.3 Å². The van der Waals surface area contributed by atoms with E-state index in [1.165, 1.54) is 19.3 Å². The maximum absolute atomic E-state index is 13.8. The summed E-state index contributed by atoms with van der Waals surface area (Å²) in [7, 11) is 0. The molecule has 4 heterocycles. The number of aromatic nitrogens is 1. The van der Waals surface area contributed by atoms with Crippen LogP contribution in [0.25, 0.3) is 0 Å². The zero-order valence-corrected chi connectivity index (χ0v) is 19.7. The number of amides is 2. The first-order chi connectivity index (χ1) is 16.7. The highest BCUT2D eigenvalue weighted by Crippen LogP contribution is 2.50. The lowest BCUT2D eigenvalue weighted by Gasteiger charge is -2.43. The molecule has 0 bridgehead atoms. The van der Waals surface area contributed by atoms with Gasteiger partial charge in [0.15, 0.2) is 0 Å². The van der Waals surface area contributed by atoms with Crippen molar-refractivity contribution in [2.75, 3.05) is 50.7 Å². The monoisotopic (exact) mass is 459 g/mol. The van der Waals surface area contributed by atoms with E-state index in [2.05, 4.69) is 20.9 Å². The molecular formula is C27H33N5O2. The maximum atomic E-state index is 13.8. The maximum Gasteiger partial charge on any atom is 0.243 e. The van der Waals surface area contributed by atoms with Crippen LogP contribution in [0.3, 0.4) is 0 Å². The molecule has 1 aromatic carbocycles. The Balaban J connectivity index is 1.11. The quantitative estimate of drug-likeness (QED) is 0.704. The van der Waals surface area contributed by atoms with Gasteiger partial charge in [-0.1, -0.05) is 30.7 Å². The first kappa shape index (κ1) is 21.7.